The number of aromatic nitrogens is 2. The number of hydrogen-bond acceptors (Lipinski definition) is 1. The molecule has 2 aromatic rings. The first-order valence-electron chi connectivity index (χ1n) is 6.82. The zero-order valence-corrected chi connectivity index (χ0v) is 13.7. The maximum Gasteiger partial charge on any atom is 0.412 e. The lowest BCUT2D eigenvalue weighted by atomic mass is 9.85. The Morgan fingerprint density at radius 1 is 1.27 bits per heavy atom. The molecule has 2 nitrogen and oxygen atoms in total. The number of halogens is 4. The van der Waals surface area contributed by atoms with Gasteiger partial charge in [-0.15, -0.1) is 0 Å². The third-order valence-corrected chi connectivity index (χ3v) is 3.91. The van der Waals surface area contributed by atoms with Gasteiger partial charge in [-0.2, -0.15) is 18.3 Å². The number of benzene rings is 1. The fourth-order valence-electron chi connectivity index (χ4n) is 2.49. The van der Waals surface area contributed by atoms with Gasteiger partial charge in [0.15, 0.2) is 0 Å². The summed E-state index contributed by atoms with van der Waals surface area (Å²) in [6.07, 6.45) is -4.80. The lowest BCUT2D eigenvalue weighted by molar-refractivity contribution is -0.0928. The first-order chi connectivity index (χ1) is 9.93. The molecular weight excluding hydrogens is 313 g/mol. The molecule has 0 spiro atoms. The van der Waals surface area contributed by atoms with Crippen LogP contribution in [-0.4, -0.2) is 16.0 Å². The highest BCUT2D eigenvalue weighted by Crippen LogP contribution is 2.37. The second-order valence-electron chi connectivity index (χ2n) is 6.42. The Kier molecular flexibility index (Phi) is 4.07. The molecule has 0 aliphatic carbocycles. The highest BCUT2D eigenvalue weighted by atomic mass is 35.5. The summed E-state index contributed by atoms with van der Waals surface area (Å²) in [7, 11) is 1.72. The number of fused-ring (bicyclic) bond motifs is 1. The zero-order chi connectivity index (χ0) is 16.9. The van der Waals surface area contributed by atoms with E-state index in [1.807, 2.05) is 26.8 Å². The first-order valence-corrected chi connectivity index (χ1v) is 7.20. The van der Waals surface area contributed by atoms with Crippen LogP contribution in [0.1, 0.15) is 32.0 Å². The first kappa shape index (κ1) is 16.9. The molecule has 0 atom stereocenters. The Bertz CT molecular complexity index is 736. The minimum atomic E-state index is -4.43. The van der Waals surface area contributed by atoms with Gasteiger partial charge in [-0.25, -0.2) is 0 Å². The van der Waals surface area contributed by atoms with Gasteiger partial charge in [0, 0.05) is 24.4 Å². The molecule has 0 aliphatic heterocycles. The van der Waals surface area contributed by atoms with Gasteiger partial charge in [0.2, 0.25) is 0 Å². The lowest BCUT2D eigenvalue weighted by Gasteiger charge is -2.21. The number of aryl methyl sites for hydroxylation is 1. The second-order valence-corrected chi connectivity index (χ2v) is 6.82. The fraction of sp³-hybridized carbons (Fsp3) is 0.438. The van der Waals surface area contributed by atoms with Crippen molar-refractivity contribution in [3.63, 3.8) is 0 Å². The number of alkyl halides is 3. The van der Waals surface area contributed by atoms with Crippen molar-refractivity contribution in [3.05, 3.63) is 40.6 Å². The van der Waals surface area contributed by atoms with Gasteiger partial charge < -0.3 is 0 Å². The fourth-order valence-corrected chi connectivity index (χ4v) is 2.75. The van der Waals surface area contributed by atoms with Crippen molar-refractivity contribution in [2.75, 3.05) is 0 Å². The second kappa shape index (κ2) is 5.30. The standard InChI is InChI=1S/C16H18ClF3N2/c1-9(16(18,19)20)8-12-13-11(17)7-6-10(15(2,3)4)14(13)22(5)21-12/h6-7H,1,8H2,2-5H3. The summed E-state index contributed by atoms with van der Waals surface area (Å²) in [5, 5.41) is 5.22. The van der Waals surface area contributed by atoms with Crippen LogP contribution in [-0.2, 0) is 18.9 Å². The van der Waals surface area contributed by atoms with Gasteiger partial charge in [0.05, 0.1) is 16.2 Å². The van der Waals surface area contributed by atoms with E-state index in [9.17, 15) is 13.2 Å². The highest BCUT2D eigenvalue weighted by molar-refractivity contribution is 6.35. The monoisotopic (exact) mass is 330 g/mol. The van der Waals surface area contributed by atoms with Crippen LogP contribution < -0.4 is 0 Å². The molecule has 0 unspecified atom stereocenters. The van der Waals surface area contributed by atoms with Crippen LogP contribution in [0.25, 0.3) is 10.9 Å². The minimum Gasteiger partial charge on any atom is -0.267 e. The predicted octanol–water partition coefficient (Wildman–Crippen LogP) is 5.19. The average molecular weight is 331 g/mol. The Morgan fingerprint density at radius 3 is 2.36 bits per heavy atom. The molecule has 0 aliphatic rings. The molecule has 1 heterocycles. The lowest BCUT2D eigenvalue weighted by Crippen LogP contribution is -2.13. The van der Waals surface area contributed by atoms with E-state index in [-0.39, 0.29) is 11.8 Å². The van der Waals surface area contributed by atoms with Crippen LogP contribution in [0, 0.1) is 0 Å². The van der Waals surface area contributed by atoms with Crippen LogP contribution in [0.4, 0.5) is 13.2 Å². The molecule has 0 amide bonds. The summed E-state index contributed by atoms with van der Waals surface area (Å²) in [4.78, 5) is 0. The SMILES string of the molecule is C=C(Cc1nn(C)c2c(C(C)(C)C)ccc(Cl)c12)C(F)(F)F. The Morgan fingerprint density at radius 2 is 1.86 bits per heavy atom. The molecule has 0 radical (unpaired) electrons. The summed E-state index contributed by atoms with van der Waals surface area (Å²) in [6, 6.07) is 3.61. The summed E-state index contributed by atoms with van der Waals surface area (Å²) in [5.41, 5.74) is 1.06. The Balaban J connectivity index is 2.67. The third kappa shape index (κ3) is 3.00. The molecule has 2 rings (SSSR count). The normalized spacial score (nSPS) is 12.9. The Hall–Kier alpha value is -1.49. The topological polar surface area (TPSA) is 17.8 Å². The van der Waals surface area contributed by atoms with E-state index < -0.39 is 11.7 Å². The van der Waals surface area contributed by atoms with E-state index >= 15 is 0 Å². The van der Waals surface area contributed by atoms with Crippen molar-refractivity contribution in [2.24, 2.45) is 7.05 Å². The molecular formula is C16H18ClF3N2. The van der Waals surface area contributed by atoms with Crippen LogP contribution in [0.3, 0.4) is 0 Å². The van der Waals surface area contributed by atoms with Crippen molar-refractivity contribution in [1.82, 2.24) is 9.78 Å². The molecule has 1 aromatic heterocycles. The van der Waals surface area contributed by atoms with E-state index in [0.717, 1.165) is 11.1 Å². The summed E-state index contributed by atoms with van der Waals surface area (Å²) < 4.78 is 39.8. The van der Waals surface area contributed by atoms with Crippen LogP contribution in [0.5, 0.6) is 0 Å². The van der Waals surface area contributed by atoms with E-state index in [4.69, 9.17) is 11.6 Å². The predicted molar refractivity (Wildman–Crippen MR) is 83.3 cm³/mol. The maximum atomic E-state index is 12.7. The van der Waals surface area contributed by atoms with Crippen LogP contribution in [0.2, 0.25) is 5.02 Å². The summed E-state index contributed by atoms with van der Waals surface area (Å²) >= 11 is 6.23. The molecule has 120 valence electrons. The van der Waals surface area contributed by atoms with Gasteiger partial charge in [-0.3, -0.25) is 4.68 Å². The number of rotatable bonds is 2. The largest absolute Gasteiger partial charge is 0.412 e. The molecule has 0 saturated carbocycles. The minimum absolute atomic E-state index is 0.172. The van der Waals surface area contributed by atoms with Gasteiger partial charge in [0.25, 0.3) is 0 Å². The number of allylic oxidation sites excluding steroid dienone is 1. The molecule has 0 fully saturated rings. The van der Waals surface area contributed by atoms with Crippen molar-refractivity contribution in [3.8, 4) is 0 Å². The molecule has 6 heteroatoms. The molecule has 0 N–H and O–H groups in total. The van der Waals surface area contributed by atoms with Crippen molar-refractivity contribution >= 4 is 22.5 Å². The van der Waals surface area contributed by atoms with Crippen LogP contribution >= 0.6 is 11.6 Å². The van der Waals surface area contributed by atoms with Crippen molar-refractivity contribution in [2.45, 2.75) is 38.8 Å². The van der Waals surface area contributed by atoms with Gasteiger partial charge >= 0.3 is 6.18 Å². The quantitative estimate of drug-likeness (QED) is 0.693. The van der Waals surface area contributed by atoms with E-state index in [1.165, 1.54) is 0 Å². The molecule has 22 heavy (non-hydrogen) atoms. The van der Waals surface area contributed by atoms with Gasteiger partial charge in [0.1, 0.15) is 0 Å². The average Bonchev–Trinajstić information content (AvgIpc) is 2.65. The smallest absolute Gasteiger partial charge is 0.267 e. The molecule has 0 bridgehead atoms. The number of nitrogens with zero attached hydrogens (tertiary/aromatic N) is 2. The zero-order valence-electron chi connectivity index (χ0n) is 13.0. The number of hydrogen-bond donors (Lipinski definition) is 0. The maximum absolute atomic E-state index is 12.7. The van der Waals surface area contributed by atoms with E-state index in [0.29, 0.717) is 16.1 Å². The van der Waals surface area contributed by atoms with Gasteiger partial charge in [-0.05, 0) is 17.0 Å². The van der Waals surface area contributed by atoms with E-state index in [1.54, 1.807) is 17.8 Å². The summed E-state index contributed by atoms with van der Waals surface area (Å²) in [5.74, 6) is 0. The summed E-state index contributed by atoms with van der Waals surface area (Å²) in [6.45, 7) is 9.24. The van der Waals surface area contributed by atoms with Crippen molar-refractivity contribution < 1.29 is 13.2 Å². The highest BCUT2D eigenvalue weighted by Gasteiger charge is 2.33. The third-order valence-electron chi connectivity index (χ3n) is 3.60. The van der Waals surface area contributed by atoms with Crippen LogP contribution in [0.15, 0.2) is 24.3 Å². The van der Waals surface area contributed by atoms with Gasteiger partial charge in [-0.1, -0.05) is 45.0 Å². The van der Waals surface area contributed by atoms with E-state index in [2.05, 4.69) is 11.7 Å². The Labute approximate surface area is 132 Å². The molecule has 1 aromatic carbocycles. The molecule has 0 saturated heterocycles. The van der Waals surface area contributed by atoms with Crippen molar-refractivity contribution in [1.29, 1.82) is 0 Å².